The highest BCUT2D eigenvalue weighted by Crippen LogP contribution is 2.21. The van der Waals surface area contributed by atoms with Crippen LogP contribution in [0, 0.1) is 10.1 Å². The molecule has 1 saturated carbocycles. The molecule has 0 aromatic rings. The van der Waals surface area contributed by atoms with Crippen LogP contribution in [0.25, 0.3) is 0 Å². The number of rotatable bonds is 4. The summed E-state index contributed by atoms with van der Waals surface area (Å²) in [7, 11) is 0. The second-order valence-electron chi connectivity index (χ2n) is 3.21. The quantitative estimate of drug-likeness (QED) is 0.286. The third-order valence-electron chi connectivity index (χ3n) is 2.21. The van der Waals surface area contributed by atoms with Crippen LogP contribution in [0.3, 0.4) is 0 Å². The topological polar surface area (TPSA) is 69.4 Å². The summed E-state index contributed by atoms with van der Waals surface area (Å²) in [6, 6.07) is 0. The highest BCUT2D eigenvalue weighted by atomic mass is 16.7. The molecule has 1 atom stereocenters. The summed E-state index contributed by atoms with van der Waals surface area (Å²) in [6.07, 6.45) is 3.56. The van der Waals surface area contributed by atoms with Gasteiger partial charge in [0.25, 0.3) is 0 Å². The SMILES string of the molecule is O=CC(OC1CCCCC1)[N+](=O)[O-]. The number of nitro groups is 1. The first kappa shape index (κ1) is 10.1. The molecule has 5 heteroatoms. The van der Waals surface area contributed by atoms with Crippen molar-refractivity contribution in [3.8, 4) is 0 Å². The van der Waals surface area contributed by atoms with Crippen molar-refractivity contribution in [2.45, 2.75) is 44.4 Å². The lowest BCUT2D eigenvalue weighted by Crippen LogP contribution is -2.31. The molecule has 1 aliphatic rings. The first-order chi connectivity index (χ1) is 6.24. The molecule has 1 rings (SSSR count). The summed E-state index contributed by atoms with van der Waals surface area (Å²) in [4.78, 5) is 19.8. The molecule has 0 N–H and O–H groups in total. The lowest BCUT2D eigenvalue weighted by Gasteiger charge is -2.21. The molecule has 0 radical (unpaired) electrons. The molecular formula is C8H13NO4. The van der Waals surface area contributed by atoms with Crippen molar-refractivity contribution >= 4 is 6.29 Å². The van der Waals surface area contributed by atoms with E-state index in [0.717, 1.165) is 32.1 Å². The smallest absolute Gasteiger partial charge is 0.308 e. The largest absolute Gasteiger partial charge is 0.372 e. The number of aldehydes is 1. The molecule has 0 aromatic carbocycles. The molecule has 1 aliphatic carbocycles. The zero-order valence-electron chi connectivity index (χ0n) is 7.35. The van der Waals surface area contributed by atoms with Crippen molar-refractivity contribution in [1.82, 2.24) is 0 Å². The highest BCUT2D eigenvalue weighted by Gasteiger charge is 2.25. The fourth-order valence-electron chi connectivity index (χ4n) is 1.53. The summed E-state index contributed by atoms with van der Waals surface area (Å²) in [5.74, 6) is 0. The van der Waals surface area contributed by atoms with E-state index < -0.39 is 11.2 Å². The Kier molecular flexibility index (Phi) is 3.82. The van der Waals surface area contributed by atoms with Crippen LogP contribution in [0.5, 0.6) is 0 Å². The molecular weight excluding hydrogens is 174 g/mol. The number of carbonyl (C=O) groups is 1. The van der Waals surface area contributed by atoms with Crippen LogP contribution in [0.4, 0.5) is 0 Å². The van der Waals surface area contributed by atoms with Gasteiger partial charge in [0.05, 0.1) is 11.0 Å². The molecule has 13 heavy (non-hydrogen) atoms. The van der Waals surface area contributed by atoms with Crippen molar-refractivity contribution in [3.05, 3.63) is 10.1 Å². The zero-order chi connectivity index (χ0) is 9.68. The first-order valence-electron chi connectivity index (χ1n) is 4.48. The minimum atomic E-state index is -1.47. The van der Waals surface area contributed by atoms with E-state index in [4.69, 9.17) is 4.74 Å². The van der Waals surface area contributed by atoms with Gasteiger partial charge in [-0.2, -0.15) is 0 Å². The molecule has 0 spiro atoms. The monoisotopic (exact) mass is 187 g/mol. The van der Waals surface area contributed by atoms with Crippen LogP contribution in [0.1, 0.15) is 32.1 Å². The second-order valence-corrected chi connectivity index (χ2v) is 3.21. The third-order valence-corrected chi connectivity index (χ3v) is 2.21. The zero-order valence-corrected chi connectivity index (χ0v) is 7.35. The number of carbonyl (C=O) groups excluding carboxylic acids is 1. The molecule has 1 unspecified atom stereocenters. The number of nitrogens with zero attached hydrogens (tertiary/aromatic N) is 1. The van der Waals surface area contributed by atoms with E-state index in [1.165, 1.54) is 0 Å². The van der Waals surface area contributed by atoms with Gasteiger partial charge in [-0.05, 0) is 12.8 Å². The first-order valence-corrected chi connectivity index (χ1v) is 4.48. The van der Waals surface area contributed by atoms with E-state index in [-0.39, 0.29) is 12.4 Å². The molecule has 5 nitrogen and oxygen atoms in total. The Morgan fingerprint density at radius 2 is 2.00 bits per heavy atom. The van der Waals surface area contributed by atoms with Gasteiger partial charge in [-0.3, -0.25) is 14.9 Å². The lowest BCUT2D eigenvalue weighted by atomic mass is 9.98. The predicted molar refractivity (Wildman–Crippen MR) is 44.8 cm³/mol. The van der Waals surface area contributed by atoms with Crippen LogP contribution in [0.2, 0.25) is 0 Å². The molecule has 0 aliphatic heterocycles. The average molecular weight is 187 g/mol. The Morgan fingerprint density at radius 1 is 1.38 bits per heavy atom. The van der Waals surface area contributed by atoms with Crippen LogP contribution in [-0.2, 0) is 9.53 Å². The Morgan fingerprint density at radius 3 is 2.46 bits per heavy atom. The van der Waals surface area contributed by atoms with E-state index >= 15 is 0 Å². The maximum Gasteiger partial charge on any atom is 0.372 e. The van der Waals surface area contributed by atoms with Gasteiger partial charge >= 0.3 is 6.23 Å². The number of hydrogen-bond donors (Lipinski definition) is 0. The van der Waals surface area contributed by atoms with E-state index in [2.05, 4.69) is 0 Å². The van der Waals surface area contributed by atoms with Crippen LogP contribution < -0.4 is 0 Å². The lowest BCUT2D eigenvalue weighted by molar-refractivity contribution is -0.560. The Labute approximate surface area is 76.2 Å². The maximum atomic E-state index is 10.3. The van der Waals surface area contributed by atoms with Crippen molar-refractivity contribution in [3.63, 3.8) is 0 Å². The van der Waals surface area contributed by atoms with Crippen LogP contribution in [-0.4, -0.2) is 23.5 Å². The second kappa shape index (κ2) is 4.91. The highest BCUT2D eigenvalue weighted by molar-refractivity contribution is 5.53. The van der Waals surface area contributed by atoms with Gasteiger partial charge in [0.15, 0.2) is 0 Å². The minimum absolute atomic E-state index is 0.102. The van der Waals surface area contributed by atoms with E-state index in [1.807, 2.05) is 0 Å². The molecule has 0 saturated heterocycles. The molecule has 0 amide bonds. The maximum absolute atomic E-state index is 10.3. The number of hydrogen-bond acceptors (Lipinski definition) is 4. The molecule has 74 valence electrons. The predicted octanol–water partition coefficient (Wildman–Crippen LogP) is 1.14. The van der Waals surface area contributed by atoms with Crippen LogP contribution >= 0.6 is 0 Å². The van der Waals surface area contributed by atoms with Gasteiger partial charge in [0.2, 0.25) is 6.29 Å². The molecule has 1 fully saturated rings. The van der Waals surface area contributed by atoms with Crippen molar-refractivity contribution in [1.29, 1.82) is 0 Å². The summed E-state index contributed by atoms with van der Waals surface area (Å²) in [5.41, 5.74) is 0. The van der Waals surface area contributed by atoms with E-state index in [0.29, 0.717) is 0 Å². The molecule has 0 heterocycles. The van der Waals surface area contributed by atoms with E-state index in [1.54, 1.807) is 0 Å². The van der Waals surface area contributed by atoms with Crippen molar-refractivity contribution in [2.75, 3.05) is 0 Å². The van der Waals surface area contributed by atoms with Crippen LogP contribution in [0.15, 0.2) is 0 Å². The van der Waals surface area contributed by atoms with Gasteiger partial charge in [-0.1, -0.05) is 19.3 Å². The fraction of sp³-hybridized carbons (Fsp3) is 0.875. The summed E-state index contributed by atoms with van der Waals surface area (Å²) in [5, 5.41) is 10.3. The molecule has 0 bridgehead atoms. The fourth-order valence-corrected chi connectivity index (χ4v) is 1.53. The summed E-state index contributed by atoms with van der Waals surface area (Å²) in [6.45, 7) is 0. The van der Waals surface area contributed by atoms with Gasteiger partial charge in [-0.15, -0.1) is 0 Å². The van der Waals surface area contributed by atoms with Crippen molar-refractivity contribution in [2.24, 2.45) is 0 Å². The summed E-state index contributed by atoms with van der Waals surface area (Å²) >= 11 is 0. The van der Waals surface area contributed by atoms with Crippen molar-refractivity contribution < 1.29 is 14.5 Å². The minimum Gasteiger partial charge on any atom is -0.308 e. The van der Waals surface area contributed by atoms with Gasteiger partial charge in [-0.25, -0.2) is 0 Å². The Balaban J connectivity index is 2.35. The van der Waals surface area contributed by atoms with E-state index in [9.17, 15) is 14.9 Å². The molecule has 0 aromatic heterocycles. The van der Waals surface area contributed by atoms with Gasteiger partial charge in [0.1, 0.15) is 0 Å². The standard InChI is InChI=1S/C8H13NO4/c10-6-8(9(11)12)13-7-4-2-1-3-5-7/h6-8H,1-5H2. The van der Waals surface area contributed by atoms with Gasteiger partial charge in [0, 0.05) is 0 Å². The van der Waals surface area contributed by atoms with Gasteiger partial charge < -0.3 is 4.74 Å². The normalized spacial score (nSPS) is 20.9. The third kappa shape index (κ3) is 3.10. The Bertz CT molecular complexity index is 189. The number of ether oxygens (including phenoxy) is 1. The summed E-state index contributed by atoms with van der Waals surface area (Å²) < 4.78 is 5.03. The average Bonchev–Trinajstić information content (AvgIpc) is 2.15. The Hall–Kier alpha value is -0.970.